The van der Waals surface area contributed by atoms with E-state index in [2.05, 4.69) is 68.9 Å². The first-order valence-electron chi connectivity index (χ1n) is 16.3. The molecule has 0 heterocycles. The summed E-state index contributed by atoms with van der Waals surface area (Å²) in [7, 11) is 0. The lowest BCUT2D eigenvalue weighted by Gasteiger charge is -2.34. The van der Waals surface area contributed by atoms with E-state index in [0.717, 1.165) is 0 Å². The van der Waals surface area contributed by atoms with E-state index >= 15 is 0 Å². The summed E-state index contributed by atoms with van der Waals surface area (Å²) in [6, 6.07) is -2.84. The smallest absolute Gasteiger partial charge is 0.333 e. The Morgan fingerprint density at radius 1 is 0.377 bits per heavy atom. The van der Waals surface area contributed by atoms with Crippen molar-refractivity contribution in [3.63, 3.8) is 0 Å². The van der Waals surface area contributed by atoms with Crippen LogP contribution in [-0.4, -0.2) is 127 Å². The Hall–Kier alpha value is -6.08. The summed E-state index contributed by atoms with van der Waals surface area (Å²) in [6.07, 6.45) is 0. The van der Waals surface area contributed by atoms with E-state index in [9.17, 15) is 38.4 Å². The Labute approximate surface area is 308 Å². The Kier molecular flexibility index (Phi) is 22.8. The molecule has 0 radical (unpaired) electrons. The quantitative estimate of drug-likeness (QED) is 0.0272. The van der Waals surface area contributed by atoms with Crippen LogP contribution in [-0.2, 0) is 38.1 Å². The van der Waals surface area contributed by atoms with Crippen molar-refractivity contribution in [1.82, 2.24) is 42.5 Å². The molecule has 0 aromatic carbocycles. The van der Waals surface area contributed by atoms with E-state index in [1.165, 1.54) is 27.7 Å². The molecule has 8 N–H and O–H groups in total. The minimum absolute atomic E-state index is 0.0678. The Morgan fingerprint density at radius 2 is 0.566 bits per heavy atom. The van der Waals surface area contributed by atoms with Crippen LogP contribution in [0.25, 0.3) is 0 Å². The van der Waals surface area contributed by atoms with Crippen LogP contribution in [0.4, 0.5) is 19.2 Å². The summed E-state index contributed by atoms with van der Waals surface area (Å²) in [6.45, 7) is 17.8. The molecule has 0 rings (SSSR count). The fourth-order valence-electron chi connectivity index (χ4n) is 3.42. The van der Waals surface area contributed by atoms with E-state index in [4.69, 9.17) is 18.9 Å². The summed E-state index contributed by atoms with van der Waals surface area (Å²) in [5.74, 6) is -2.55. The lowest BCUT2D eigenvalue weighted by atomic mass is 9.87. The van der Waals surface area contributed by atoms with Gasteiger partial charge in [0.05, 0.1) is 26.2 Å². The van der Waals surface area contributed by atoms with Crippen LogP contribution in [0.15, 0.2) is 48.6 Å². The highest BCUT2D eigenvalue weighted by Gasteiger charge is 2.33. The molecule has 0 saturated heterocycles. The first-order valence-corrected chi connectivity index (χ1v) is 16.3. The maximum absolute atomic E-state index is 12.7. The highest BCUT2D eigenvalue weighted by molar-refractivity contribution is 5.88. The minimum Gasteiger partial charge on any atom is -0.460 e. The number of esters is 4. The molecule has 0 bridgehead atoms. The number of nitrogens with one attached hydrogen (secondary N) is 8. The van der Waals surface area contributed by atoms with E-state index in [1.54, 1.807) is 0 Å². The van der Waals surface area contributed by atoms with Crippen molar-refractivity contribution >= 4 is 48.0 Å². The number of amides is 8. The lowest BCUT2D eigenvalue weighted by Crippen LogP contribution is -2.59. The van der Waals surface area contributed by atoms with E-state index in [0.29, 0.717) is 0 Å². The van der Waals surface area contributed by atoms with Gasteiger partial charge in [-0.1, -0.05) is 26.3 Å². The summed E-state index contributed by atoms with van der Waals surface area (Å²) in [5.41, 5.74) is -0.606. The Morgan fingerprint density at radius 3 is 0.736 bits per heavy atom. The molecule has 0 fully saturated rings. The third kappa shape index (κ3) is 23.1. The largest absolute Gasteiger partial charge is 0.460 e. The molecule has 53 heavy (non-hydrogen) atoms. The SMILES string of the molecule is C=C(C)C(=O)OCCNC(=O)NCC(CNC(=O)NCCOC(=O)C(=C)C)(CNC(=O)NCCOC(=O)C(=C)C)CNC(=O)NCCOC(=O)C(=C)C. The van der Waals surface area contributed by atoms with Crippen molar-refractivity contribution in [2.24, 2.45) is 5.41 Å². The van der Waals surface area contributed by atoms with Gasteiger partial charge in [0.2, 0.25) is 0 Å². The molecular weight excluding hydrogens is 700 g/mol. The highest BCUT2D eigenvalue weighted by atomic mass is 16.5. The number of carbonyl (C=O) groups excluding carboxylic acids is 8. The van der Waals surface area contributed by atoms with Gasteiger partial charge in [-0.25, -0.2) is 38.4 Å². The number of urea groups is 4. The van der Waals surface area contributed by atoms with Crippen molar-refractivity contribution in [2.75, 3.05) is 78.8 Å². The zero-order valence-corrected chi connectivity index (χ0v) is 30.7. The fraction of sp³-hybridized carbons (Fsp3) is 0.515. The zero-order chi connectivity index (χ0) is 40.4. The lowest BCUT2D eigenvalue weighted by molar-refractivity contribution is -0.139. The third-order valence-electron chi connectivity index (χ3n) is 6.37. The molecule has 0 aliphatic carbocycles. The average Bonchev–Trinajstić information content (AvgIpc) is 3.10. The van der Waals surface area contributed by atoms with Crippen molar-refractivity contribution < 1.29 is 57.3 Å². The average molecular weight is 753 g/mol. The van der Waals surface area contributed by atoms with Gasteiger partial charge in [-0.05, 0) is 27.7 Å². The van der Waals surface area contributed by atoms with Gasteiger partial charge in [-0.15, -0.1) is 0 Å². The molecule has 8 amide bonds. The van der Waals surface area contributed by atoms with Crippen LogP contribution in [0.2, 0.25) is 0 Å². The topological polar surface area (TPSA) is 270 Å². The second-order valence-corrected chi connectivity index (χ2v) is 11.6. The zero-order valence-electron chi connectivity index (χ0n) is 30.7. The van der Waals surface area contributed by atoms with Crippen molar-refractivity contribution in [2.45, 2.75) is 27.7 Å². The number of carbonyl (C=O) groups is 8. The molecule has 0 saturated carbocycles. The number of rotatable bonds is 24. The molecule has 0 aromatic heterocycles. The van der Waals surface area contributed by atoms with Crippen molar-refractivity contribution in [3.8, 4) is 0 Å². The third-order valence-corrected chi connectivity index (χ3v) is 6.37. The normalized spacial score (nSPS) is 10.2. The maximum Gasteiger partial charge on any atom is 0.333 e. The molecule has 0 spiro atoms. The van der Waals surface area contributed by atoms with Crippen LogP contribution >= 0.6 is 0 Å². The number of ether oxygens (including phenoxy) is 4. The van der Waals surface area contributed by atoms with Crippen molar-refractivity contribution in [3.05, 3.63) is 48.6 Å². The van der Waals surface area contributed by atoms with E-state index in [-0.39, 0.29) is 101 Å². The molecule has 0 aliphatic rings. The first kappa shape index (κ1) is 46.9. The molecular formula is C33H52N8O12. The predicted octanol–water partition coefficient (Wildman–Crippen LogP) is -0.353. The van der Waals surface area contributed by atoms with Crippen LogP contribution in [0, 0.1) is 5.41 Å². The number of hydrogen-bond acceptors (Lipinski definition) is 12. The molecule has 20 heteroatoms. The van der Waals surface area contributed by atoms with Gasteiger partial charge in [0.25, 0.3) is 0 Å². The van der Waals surface area contributed by atoms with Gasteiger partial charge in [-0.2, -0.15) is 0 Å². The second-order valence-electron chi connectivity index (χ2n) is 11.6. The molecule has 20 nitrogen and oxygen atoms in total. The summed E-state index contributed by atoms with van der Waals surface area (Å²) in [4.78, 5) is 97.2. The first-order chi connectivity index (χ1) is 24.9. The molecule has 0 aromatic rings. The molecule has 0 aliphatic heterocycles. The standard InChI is InChI=1S/C33H52N8O12/c1-21(2)25(42)50-13-9-34-29(46)38-17-33(18-39-30(47)35-10-14-51-26(43)22(3)4,19-40-31(48)36-11-15-52-27(44)23(5)6)20-41-32(49)37-12-16-53-28(45)24(7)8/h1,3,5,7,9-20H2,2,4,6,8H3,(H2,34,38,46)(H2,35,39,47)(H2,36,40,48)(H2,37,41,49). The van der Waals surface area contributed by atoms with Gasteiger partial charge in [0.1, 0.15) is 26.4 Å². The minimum atomic E-state index is -1.32. The Bertz CT molecular complexity index is 1180. The molecule has 0 unspecified atom stereocenters. The monoisotopic (exact) mass is 752 g/mol. The molecule has 296 valence electrons. The van der Waals surface area contributed by atoms with Crippen LogP contribution < -0.4 is 42.5 Å². The van der Waals surface area contributed by atoms with Crippen LogP contribution in [0.1, 0.15) is 27.7 Å². The Balaban J connectivity index is 5.81. The number of hydrogen-bond donors (Lipinski definition) is 8. The van der Waals surface area contributed by atoms with Crippen molar-refractivity contribution in [1.29, 1.82) is 0 Å². The highest BCUT2D eigenvalue weighted by Crippen LogP contribution is 2.14. The van der Waals surface area contributed by atoms with Crippen LogP contribution in [0.5, 0.6) is 0 Å². The van der Waals surface area contributed by atoms with Gasteiger partial charge in [-0.3, -0.25) is 0 Å². The van der Waals surface area contributed by atoms with Gasteiger partial charge in [0.15, 0.2) is 0 Å². The maximum atomic E-state index is 12.7. The van der Waals surface area contributed by atoms with E-state index in [1.807, 2.05) is 0 Å². The van der Waals surface area contributed by atoms with E-state index < -0.39 is 53.4 Å². The van der Waals surface area contributed by atoms with Gasteiger partial charge in [0, 0.05) is 53.9 Å². The van der Waals surface area contributed by atoms with Crippen LogP contribution in [0.3, 0.4) is 0 Å². The predicted molar refractivity (Wildman–Crippen MR) is 191 cm³/mol. The summed E-state index contributed by atoms with van der Waals surface area (Å²) in [5, 5.41) is 20.4. The summed E-state index contributed by atoms with van der Waals surface area (Å²) >= 11 is 0. The molecule has 0 atom stereocenters. The van der Waals surface area contributed by atoms with Gasteiger partial charge < -0.3 is 61.5 Å². The summed E-state index contributed by atoms with van der Waals surface area (Å²) < 4.78 is 19.8. The second kappa shape index (κ2) is 25.8. The fourth-order valence-corrected chi connectivity index (χ4v) is 3.42. The van der Waals surface area contributed by atoms with Gasteiger partial charge >= 0.3 is 48.0 Å².